The summed E-state index contributed by atoms with van der Waals surface area (Å²) < 4.78 is 10.7. The molecule has 0 saturated carbocycles. The SMILES string of the molecule is CN=C(NCCCOCc1ccco1)NCc1ccn[nH]1.I. The van der Waals surface area contributed by atoms with Crippen molar-refractivity contribution in [1.29, 1.82) is 0 Å². The van der Waals surface area contributed by atoms with E-state index in [4.69, 9.17) is 9.15 Å². The van der Waals surface area contributed by atoms with Crippen LogP contribution < -0.4 is 10.6 Å². The van der Waals surface area contributed by atoms with E-state index < -0.39 is 0 Å². The van der Waals surface area contributed by atoms with Gasteiger partial charge in [-0.3, -0.25) is 10.1 Å². The largest absolute Gasteiger partial charge is 0.467 e. The zero-order chi connectivity index (χ0) is 14.8. The van der Waals surface area contributed by atoms with Gasteiger partial charge in [0.1, 0.15) is 12.4 Å². The Balaban J connectivity index is 0.00000242. The molecule has 0 atom stereocenters. The Kier molecular flexibility index (Phi) is 9.31. The fourth-order valence-corrected chi connectivity index (χ4v) is 1.73. The van der Waals surface area contributed by atoms with Crippen LogP contribution in [0.4, 0.5) is 0 Å². The van der Waals surface area contributed by atoms with Crippen molar-refractivity contribution < 1.29 is 9.15 Å². The molecule has 0 spiro atoms. The summed E-state index contributed by atoms with van der Waals surface area (Å²) in [5.74, 6) is 1.61. The third-order valence-corrected chi connectivity index (χ3v) is 2.81. The molecule has 2 heterocycles. The monoisotopic (exact) mass is 419 g/mol. The van der Waals surface area contributed by atoms with Crippen LogP contribution in [0.3, 0.4) is 0 Å². The second kappa shape index (κ2) is 11.1. The lowest BCUT2D eigenvalue weighted by Crippen LogP contribution is -2.37. The van der Waals surface area contributed by atoms with E-state index in [1.54, 1.807) is 19.5 Å². The van der Waals surface area contributed by atoms with Crippen molar-refractivity contribution in [2.45, 2.75) is 19.6 Å². The molecule has 0 aliphatic carbocycles. The molecule has 0 aromatic carbocycles. The molecule has 2 aromatic rings. The molecule has 22 heavy (non-hydrogen) atoms. The summed E-state index contributed by atoms with van der Waals surface area (Å²) in [5.41, 5.74) is 1.01. The molecule has 0 saturated heterocycles. The number of nitrogens with zero attached hydrogens (tertiary/aromatic N) is 2. The van der Waals surface area contributed by atoms with Crippen LogP contribution in [-0.4, -0.2) is 36.4 Å². The molecule has 2 aromatic heterocycles. The van der Waals surface area contributed by atoms with Crippen LogP contribution in [-0.2, 0) is 17.9 Å². The van der Waals surface area contributed by atoms with Gasteiger partial charge in [0.25, 0.3) is 0 Å². The highest BCUT2D eigenvalue weighted by molar-refractivity contribution is 14.0. The molecule has 0 unspecified atom stereocenters. The van der Waals surface area contributed by atoms with Crippen molar-refractivity contribution in [2.75, 3.05) is 20.2 Å². The number of nitrogens with one attached hydrogen (secondary N) is 3. The summed E-state index contributed by atoms with van der Waals surface area (Å²) in [6.07, 6.45) is 4.27. The molecular formula is C14H22IN5O2. The van der Waals surface area contributed by atoms with Crippen molar-refractivity contribution in [3.63, 3.8) is 0 Å². The summed E-state index contributed by atoms with van der Waals surface area (Å²) in [4.78, 5) is 4.15. The van der Waals surface area contributed by atoms with Crippen LogP contribution in [0.2, 0.25) is 0 Å². The van der Waals surface area contributed by atoms with Crippen LogP contribution in [0.25, 0.3) is 0 Å². The fraction of sp³-hybridized carbons (Fsp3) is 0.429. The smallest absolute Gasteiger partial charge is 0.191 e. The lowest BCUT2D eigenvalue weighted by Gasteiger charge is -2.11. The van der Waals surface area contributed by atoms with E-state index >= 15 is 0 Å². The van der Waals surface area contributed by atoms with E-state index in [1.807, 2.05) is 18.2 Å². The van der Waals surface area contributed by atoms with Crippen molar-refractivity contribution in [3.8, 4) is 0 Å². The van der Waals surface area contributed by atoms with Crippen molar-refractivity contribution >= 4 is 29.9 Å². The Morgan fingerprint density at radius 3 is 3.00 bits per heavy atom. The quantitative estimate of drug-likeness (QED) is 0.263. The van der Waals surface area contributed by atoms with E-state index in [-0.39, 0.29) is 24.0 Å². The highest BCUT2D eigenvalue weighted by atomic mass is 127. The Morgan fingerprint density at radius 2 is 2.32 bits per heavy atom. The summed E-state index contributed by atoms with van der Waals surface area (Å²) in [6.45, 7) is 2.64. The van der Waals surface area contributed by atoms with Crippen LogP contribution in [0.5, 0.6) is 0 Å². The van der Waals surface area contributed by atoms with Gasteiger partial charge in [-0.15, -0.1) is 24.0 Å². The molecular weight excluding hydrogens is 397 g/mol. The van der Waals surface area contributed by atoms with E-state index in [2.05, 4.69) is 25.8 Å². The summed E-state index contributed by atoms with van der Waals surface area (Å²) >= 11 is 0. The summed E-state index contributed by atoms with van der Waals surface area (Å²) in [6, 6.07) is 5.68. The maximum absolute atomic E-state index is 5.51. The second-order valence-corrected chi connectivity index (χ2v) is 4.42. The topological polar surface area (TPSA) is 87.5 Å². The minimum atomic E-state index is 0. The van der Waals surface area contributed by atoms with E-state index in [9.17, 15) is 0 Å². The van der Waals surface area contributed by atoms with Gasteiger partial charge < -0.3 is 19.8 Å². The van der Waals surface area contributed by atoms with Crippen molar-refractivity contribution in [3.05, 3.63) is 42.1 Å². The predicted octanol–water partition coefficient (Wildman–Crippen LogP) is 1.89. The number of aliphatic imine (C=N–C) groups is 1. The predicted molar refractivity (Wildman–Crippen MR) is 95.2 cm³/mol. The average Bonchev–Trinajstić information content (AvgIpc) is 3.19. The number of H-pyrrole nitrogens is 1. The number of halogens is 1. The zero-order valence-electron chi connectivity index (χ0n) is 12.5. The Bertz CT molecular complexity index is 513. The Hall–Kier alpha value is -1.55. The average molecular weight is 419 g/mol. The number of guanidine groups is 1. The number of furan rings is 1. The third kappa shape index (κ3) is 6.94. The molecule has 0 radical (unpaired) electrons. The highest BCUT2D eigenvalue weighted by Crippen LogP contribution is 2.01. The standard InChI is InChI=1S/C14H21N5O2.HI/c1-15-14(17-10-12-5-7-18-19-12)16-6-3-8-20-11-13-4-2-9-21-13;/h2,4-5,7,9H,3,6,8,10-11H2,1H3,(H,18,19)(H2,15,16,17);1H. The van der Waals surface area contributed by atoms with Gasteiger partial charge in [-0.2, -0.15) is 5.10 Å². The van der Waals surface area contributed by atoms with Gasteiger partial charge in [0.15, 0.2) is 5.96 Å². The van der Waals surface area contributed by atoms with Crippen LogP contribution in [0.1, 0.15) is 17.9 Å². The Labute approximate surface area is 146 Å². The molecule has 0 fully saturated rings. The molecule has 8 heteroatoms. The summed E-state index contributed by atoms with van der Waals surface area (Å²) in [7, 11) is 1.75. The first kappa shape index (κ1) is 18.5. The highest BCUT2D eigenvalue weighted by Gasteiger charge is 1.99. The minimum absolute atomic E-state index is 0. The van der Waals surface area contributed by atoms with Gasteiger partial charge >= 0.3 is 0 Å². The fourth-order valence-electron chi connectivity index (χ4n) is 1.73. The van der Waals surface area contributed by atoms with E-state index in [1.165, 1.54) is 0 Å². The number of ether oxygens (including phenoxy) is 1. The van der Waals surface area contributed by atoms with Crippen LogP contribution in [0, 0.1) is 0 Å². The number of rotatable bonds is 8. The Morgan fingerprint density at radius 1 is 1.41 bits per heavy atom. The van der Waals surface area contributed by atoms with E-state index in [0.717, 1.165) is 30.4 Å². The van der Waals surface area contributed by atoms with Gasteiger partial charge in [0.05, 0.1) is 18.5 Å². The lowest BCUT2D eigenvalue weighted by atomic mass is 10.4. The molecule has 2 rings (SSSR count). The van der Waals surface area contributed by atoms with Gasteiger partial charge in [-0.25, -0.2) is 0 Å². The van der Waals surface area contributed by atoms with Crippen molar-refractivity contribution in [2.24, 2.45) is 4.99 Å². The van der Waals surface area contributed by atoms with Crippen molar-refractivity contribution in [1.82, 2.24) is 20.8 Å². The number of aromatic amines is 1. The number of hydrogen-bond donors (Lipinski definition) is 3. The molecule has 3 N–H and O–H groups in total. The number of aromatic nitrogens is 2. The van der Waals surface area contributed by atoms with Gasteiger partial charge in [-0.1, -0.05) is 0 Å². The lowest BCUT2D eigenvalue weighted by molar-refractivity contribution is 0.105. The van der Waals surface area contributed by atoms with Crippen LogP contribution in [0.15, 0.2) is 40.1 Å². The molecule has 7 nitrogen and oxygen atoms in total. The maximum atomic E-state index is 5.51. The first-order valence-corrected chi connectivity index (χ1v) is 6.91. The first-order chi connectivity index (χ1) is 10.4. The third-order valence-electron chi connectivity index (χ3n) is 2.81. The van der Waals surface area contributed by atoms with Gasteiger partial charge in [-0.05, 0) is 24.6 Å². The minimum Gasteiger partial charge on any atom is -0.467 e. The molecule has 0 bridgehead atoms. The molecule has 0 amide bonds. The molecule has 0 aliphatic rings. The van der Waals surface area contributed by atoms with E-state index in [0.29, 0.717) is 19.8 Å². The molecule has 0 aliphatic heterocycles. The van der Waals surface area contributed by atoms with Gasteiger partial charge in [0.2, 0.25) is 0 Å². The second-order valence-electron chi connectivity index (χ2n) is 4.42. The zero-order valence-corrected chi connectivity index (χ0v) is 14.9. The van der Waals surface area contributed by atoms with Crippen LogP contribution >= 0.6 is 24.0 Å². The summed E-state index contributed by atoms with van der Waals surface area (Å²) in [5, 5.41) is 13.2. The number of hydrogen-bond acceptors (Lipinski definition) is 4. The first-order valence-electron chi connectivity index (χ1n) is 6.91. The normalized spacial score (nSPS) is 11.0. The van der Waals surface area contributed by atoms with Gasteiger partial charge in [0, 0.05) is 26.4 Å². The maximum Gasteiger partial charge on any atom is 0.191 e. The molecule has 122 valence electrons.